The number of hydrogen-bond acceptors (Lipinski definition) is 2. The fourth-order valence-electron chi connectivity index (χ4n) is 2.96. The smallest absolute Gasteiger partial charge is 0.121 e. The van der Waals surface area contributed by atoms with Crippen LogP contribution < -0.4 is 0 Å². The second-order valence-corrected chi connectivity index (χ2v) is 5.35. The van der Waals surface area contributed by atoms with Crippen LogP contribution in [-0.4, -0.2) is 28.0 Å². The predicted octanol–water partition coefficient (Wildman–Crippen LogP) is 4.51. The molecule has 2 aliphatic rings. The summed E-state index contributed by atoms with van der Waals surface area (Å²) in [6.45, 7) is 15.8. The van der Waals surface area contributed by atoms with Crippen LogP contribution in [0.3, 0.4) is 0 Å². The number of aryl methyl sites for hydroxylation is 1. The molecule has 0 bridgehead atoms. The summed E-state index contributed by atoms with van der Waals surface area (Å²) in [5, 5.41) is 0. The van der Waals surface area contributed by atoms with E-state index in [1.54, 1.807) is 0 Å². The fraction of sp³-hybridized carbons (Fsp3) is 0.722. The average molecular weight is 291 g/mol. The molecule has 2 atom stereocenters. The first-order valence-corrected chi connectivity index (χ1v) is 8.73. The van der Waals surface area contributed by atoms with E-state index in [-0.39, 0.29) is 0 Å². The van der Waals surface area contributed by atoms with E-state index in [9.17, 15) is 0 Å². The minimum atomic E-state index is 0.998. The number of allylic oxidation sites excluding steroid dienone is 1. The van der Waals surface area contributed by atoms with Gasteiger partial charge in [-0.05, 0) is 37.7 Å². The van der Waals surface area contributed by atoms with Gasteiger partial charge >= 0.3 is 0 Å². The standard InChI is InChI=1S/C14H21N3.2C2H6/c1-3-5-13-12(4-2)15-14(16-13)9-17-7-10-6-11(10)8-17;2*1-2/h3,5,10-11H,4,6-9H2,1-2H3,(H,15,16);2*1-2H3/b5-3-;;. The molecule has 21 heavy (non-hydrogen) atoms. The number of aromatic amines is 1. The summed E-state index contributed by atoms with van der Waals surface area (Å²) in [7, 11) is 0. The van der Waals surface area contributed by atoms with Crippen LogP contribution in [0.2, 0.25) is 0 Å². The molecular weight excluding hydrogens is 258 g/mol. The first-order chi connectivity index (χ1) is 10.3. The Morgan fingerprint density at radius 1 is 1.19 bits per heavy atom. The lowest BCUT2D eigenvalue weighted by Crippen LogP contribution is -2.22. The molecule has 0 spiro atoms. The van der Waals surface area contributed by atoms with Gasteiger partial charge in [-0.1, -0.05) is 40.7 Å². The van der Waals surface area contributed by atoms with Crippen LogP contribution in [0.4, 0.5) is 0 Å². The lowest BCUT2D eigenvalue weighted by atomic mass is 10.2. The topological polar surface area (TPSA) is 31.9 Å². The minimum Gasteiger partial charge on any atom is -0.344 e. The van der Waals surface area contributed by atoms with Crippen molar-refractivity contribution in [3.63, 3.8) is 0 Å². The van der Waals surface area contributed by atoms with Crippen LogP contribution in [0.15, 0.2) is 6.08 Å². The van der Waals surface area contributed by atoms with Crippen molar-refractivity contribution in [2.45, 2.75) is 60.9 Å². The van der Waals surface area contributed by atoms with Crippen molar-refractivity contribution in [1.82, 2.24) is 14.9 Å². The van der Waals surface area contributed by atoms with Gasteiger partial charge in [-0.2, -0.15) is 0 Å². The third kappa shape index (κ3) is 4.70. The summed E-state index contributed by atoms with van der Waals surface area (Å²) in [6.07, 6.45) is 6.65. The van der Waals surface area contributed by atoms with Crippen molar-refractivity contribution in [1.29, 1.82) is 0 Å². The second-order valence-electron chi connectivity index (χ2n) is 5.35. The number of nitrogens with one attached hydrogen (secondary N) is 1. The maximum atomic E-state index is 4.69. The third-order valence-corrected chi connectivity index (χ3v) is 3.97. The monoisotopic (exact) mass is 291 g/mol. The number of rotatable bonds is 4. The summed E-state index contributed by atoms with van der Waals surface area (Å²) in [6, 6.07) is 0. The summed E-state index contributed by atoms with van der Waals surface area (Å²) in [4.78, 5) is 10.7. The van der Waals surface area contributed by atoms with Gasteiger partial charge < -0.3 is 4.98 Å². The molecule has 1 aliphatic carbocycles. The quantitative estimate of drug-likeness (QED) is 0.885. The Hall–Kier alpha value is -1.09. The molecule has 2 fully saturated rings. The number of hydrogen-bond donors (Lipinski definition) is 1. The van der Waals surface area contributed by atoms with E-state index in [4.69, 9.17) is 4.98 Å². The molecule has 0 radical (unpaired) electrons. The molecule has 3 rings (SSSR count). The first-order valence-electron chi connectivity index (χ1n) is 8.73. The maximum Gasteiger partial charge on any atom is 0.121 e. The van der Waals surface area contributed by atoms with Crippen LogP contribution >= 0.6 is 0 Å². The Morgan fingerprint density at radius 2 is 1.81 bits per heavy atom. The Labute approximate surface area is 130 Å². The van der Waals surface area contributed by atoms with Crippen LogP contribution in [0, 0.1) is 11.8 Å². The van der Waals surface area contributed by atoms with E-state index >= 15 is 0 Å². The summed E-state index contributed by atoms with van der Waals surface area (Å²) >= 11 is 0. The molecule has 3 nitrogen and oxygen atoms in total. The molecule has 2 unspecified atom stereocenters. The molecule has 1 aliphatic heterocycles. The van der Waals surface area contributed by atoms with Crippen LogP contribution in [-0.2, 0) is 13.0 Å². The Kier molecular flexibility index (Phi) is 7.73. The van der Waals surface area contributed by atoms with Crippen LogP contribution in [0.25, 0.3) is 6.08 Å². The second kappa shape index (κ2) is 9.04. The zero-order valence-corrected chi connectivity index (χ0v) is 14.7. The van der Waals surface area contributed by atoms with Crippen molar-refractivity contribution in [3.8, 4) is 0 Å². The number of aromatic nitrogens is 2. The number of nitrogens with zero attached hydrogens (tertiary/aromatic N) is 2. The van der Waals surface area contributed by atoms with Crippen LogP contribution in [0.5, 0.6) is 0 Å². The SMILES string of the molecule is C/C=C\c1nc(CN2CC3CC3C2)[nH]c1CC.CC.CC. The molecule has 120 valence electrons. The molecule has 1 aromatic heterocycles. The lowest BCUT2D eigenvalue weighted by molar-refractivity contribution is 0.290. The Morgan fingerprint density at radius 3 is 2.33 bits per heavy atom. The highest BCUT2D eigenvalue weighted by Crippen LogP contribution is 2.45. The van der Waals surface area contributed by atoms with Crippen molar-refractivity contribution < 1.29 is 0 Å². The molecule has 3 heteroatoms. The molecule has 1 saturated carbocycles. The highest BCUT2D eigenvalue weighted by Gasteiger charge is 2.44. The highest BCUT2D eigenvalue weighted by atomic mass is 15.2. The summed E-state index contributed by atoms with van der Waals surface area (Å²) < 4.78 is 0. The van der Waals surface area contributed by atoms with E-state index in [1.807, 2.05) is 34.6 Å². The van der Waals surface area contributed by atoms with Crippen molar-refractivity contribution in [2.75, 3.05) is 13.1 Å². The third-order valence-electron chi connectivity index (χ3n) is 3.97. The van der Waals surface area contributed by atoms with Gasteiger partial charge in [0, 0.05) is 18.8 Å². The molecule has 1 N–H and O–H groups in total. The van der Waals surface area contributed by atoms with Gasteiger partial charge in [0.15, 0.2) is 0 Å². The predicted molar refractivity (Wildman–Crippen MR) is 92.2 cm³/mol. The maximum absolute atomic E-state index is 4.69. The summed E-state index contributed by atoms with van der Waals surface area (Å²) in [5.41, 5.74) is 2.39. The number of H-pyrrole nitrogens is 1. The highest BCUT2D eigenvalue weighted by molar-refractivity contribution is 5.47. The van der Waals surface area contributed by atoms with Gasteiger partial charge in [-0.3, -0.25) is 4.90 Å². The van der Waals surface area contributed by atoms with Crippen LogP contribution in [0.1, 0.15) is 65.2 Å². The normalized spacial score (nSPS) is 23.1. The first kappa shape index (κ1) is 18.0. The van der Waals surface area contributed by atoms with Crippen molar-refractivity contribution in [2.24, 2.45) is 11.8 Å². The van der Waals surface area contributed by atoms with Gasteiger partial charge in [-0.15, -0.1) is 0 Å². The van der Waals surface area contributed by atoms with E-state index in [2.05, 4.69) is 29.0 Å². The van der Waals surface area contributed by atoms with E-state index in [1.165, 1.54) is 25.2 Å². The minimum absolute atomic E-state index is 0.998. The van der Waals surface area contributed by atoms with E-state index in [0.29, 0.717) is 0 Å². The zero-order valence-electron chi connectivity index (χ0n) is 14.7. The van der Waals surface area contributed by atoms with Gasteiger partial charge in [0.25, 0.3) is 0 Å². The average Bonchev–Trinajstić information content (AvgIpc) is 2.97. The number of piperidine rings is 1. The van der Waals surface area contributed by atoms with Gasteiger partial charge in [0.2, 0.25) is 0 Å². The van der Waals surface area contributed by atoms with Crippen molar-refractivity contribution in [3.05, 3.63) is 23.3 Å². The Bertz CT molecular complexity index is 424. The van der Waals surface area contributed by atoms with Gasteiger partial charge in [0.1, 0.15) is 5.82 Å². The van der Waals surface area contributed by atoms with Gasteiger partial charge in [-0.25, -0.2) is 4.98 Å². The summed E-state index contributed by atoms with van der Waals surface area (Å²) in [5.74, 6) is 3.15. The Balaban J connectivity index is 0.000000510. The zero-order chi connectivity index (χ0) is 15.8. The van der Waals surface area contributed by atoms with Gasteiger partial charge in [0.05, 0.1) is 12.2 Å². The van der Waals surface area contributed by atoms with E-state index < -0.39 is 0 Å². The lowest BCUT2D eigenvalue weighted by Gasteiger charge is -2.15. The number of likely N-dealkylation sites (tertiary alicyclic amines) is 1. The molecule has 0 amide bonds. The number of imidazole rings is 1. The molecule has 1 saturated heterocycles. The molecule has 2 heterocycles. The largest absolute Gasteiger partial charge is 0.344 e. The van der Waals surface area contributed by atoms with E-state index in [0.717, 1.165) is 36.3 Å². The van der Waals surface area contributed by atoms with Crippen molar-refractivity contribution >= 4 is 6.08 Å². The number of fused-ring (bicyclic) bond motifs is 1. The fourth-order valence-corrected chi connectivity index (χ4v) is 2.96. The molecule has 0 aromatic carbocycles. The molecular formula is C18H33N3. The molecule has 1 aromatic rings.